The Morgan fingerprint density at radius 2 is 2.00 bits per heavy atom. The van der Waals surface area contributed by atoms with Gasteiger partial charge in [0.1, 0.15) is 5.75 Å². The summed E-state index contributed by atoms with van der Waals surface area (Å²) in [4.78, 5) is 17.7. The Morgan fingerprint density at radius 3 is 2.68 bits per heavy atom. The molecule has 0 bridgehead atoms. The molecule has 1 aromatic heterocycles. The third kappa shape index (κ3) is 4.17. The van der Waals surface area contributed by atoms with E-state index in [4.69, 9.17) is 4.74 Å². The molecule has 0 saturated carbocycles. The SMILES string of the molecule is COc1ccc(-c2ccncc2)cc1CN1CC(C)CC(C(=O)O)C1. The molecule has 0 amide bonds. The van der Waals surface area contributed by atoms with Gasteiger partial charge in [-0.25, -0.2) is 0 Å². The average Bonchev–Trinajstić information content (AvgIpc) is 2.62. The minimum atomic E-state index is -0.700. The number of carbonyl (C=O) groups is 1. The molecule has 1 aromatic carbocycles. The maximum atomic E-state index is 11.4. The average molecular weight is 340 g/mol. The van der Waals surface area contributed by atoms with Gasteiger partial charge in [0, 0.05) is 37.6 Å². The maximum absolute atomic E-state index is 11.4. The van der Waals surface area contributed by atoms with Gasteiger partial charge in [-0.15, -0.1) is 0 Å². The molecule has 2 aromatic rings. The number of carboxylic acids is 1. The number of hydrogen-bond donors (Lipinski definition) is 1. The van der Waals surface area contributed by atoms with Crippen LogP contribution in [0.5, 0.6) is 5.75 Å². The second-order valence-corrected chi connectivity index (χ2v) is 6.83. The zero-order valence-corrected chi connectivity index (χ0v) is 14.7. The minimum absolute atomic E-state index is 0.293. The Morgan fingerprint density at radius 1 is 1.24 bits per heavy atom. The van der Waals surface area contributed by atoms with Crippen LogP contribution in [0.3, 0.4) is 0 Å². The monoisotopic (exact) mass is 340 g/mol. The Hall–Kier alpha value is -2.40. The summed E-state index contributed by atoms with van der Waals surface area (Å²) in [5.41, 5.74) is 3.29. The molecule has 2 heterocycles. The standard InChI is InChI=1S/C20H24N2O3/c1-14-9-18(20(23)24)13-22(11-14)12-17-10-16(3-4-19(17)25-2)15-5-7-21-8-6-15/h3-8,10,14,18H,9,11-13H2,1-2H3,(H,23,24). The number of pyridine rings is 1. The van der Waals surface area contributed by atoms with Crippen molar-refractivity contribution in [2.45, 2.75) is 19.9 Å². The van der Waals surface area contributed by atoms with Crippen molar-refractivity contribution in [3.8, 4) is 16.9 Å². The molecule has 2 unspecified atom stereocenters. The van der Waals surface area contributed by atoms with Gasteiger partial charge in [-0.2, -0.15) is 0 Å². The summed E-state index contributed by atoms with van der Waals surface area (Å²) in [6.07, 6.45) is 4.31. The predicted octanol–water partition coefficient (Wildman–Crippen LogP) is 3.30. The predicted molar refractivity (Wildman–Crippen MR) is 96.4 cm³/mol. The topological polar surface area (TPSA) is 62.7 Å². The van der Waals surface area contributed by atoms with Crippen molar-refractivity contribution in [1.29, 1.82) is 0 Å². The minimum Gasteiger partial charge on any atom is -0.496 e. The third-order valence-corrected chi connectivity index (χ3v) is 4.77. The van der Waals surface area contributed by atoms with Crippen LogP contribution < -0.4 is 4.74 Å². The van der Waals surface area contributed by atoms with Crippen LogP contribution in [0.15, 0.2) is 42.7 Å². The van der Waals surface area contributed by atoms with Crippen LogP contribution in [-0.4, -0.2) is 41.2 Å². The van der Waals surface area contributed by atoms with Crippen molar-refractivity contribution in [2.24, 2.45) is 11.8 Å². The van der Waals surface area contributed by atoms with Gasteiger partial charge in [0.25, 0.3) is 0 Å². The van der Waals surface area contributed by atoms with Crippen molar-refractivity contribution >= 4 is 5.97 Å². The van der Waals surface area contributed by atoms with Crippen molar-refractivity contribution in [3.63, 3.8) is 0 Å². The van der Waals surface area contributed by atoms with Gasteiger partial charge in [0.15, 0.2) is 0 Å². The lowest BCUT2D eigenvalue weighted by Gasteiger charge is -2.35. The van der Waals surface area contributed by atoms with Gasteiger partial charge in [-0.1, -0.05) is 13.0 Å². The zero-order valence-electron chi connectivity index (χ0n) is 14.7. The van der Waals surface area contributed by atoms with E-state index in [9.17, 15) is 9.90 Å². The Kier molecular flexibility index (Phi) is 5.34. The van der Waals surface area contributed by atoms with Crippen molar-refractivity contribution in [3.05, 3.63) is 48.3 Å². The van der Waals surface area contributed by atoms with Crippen LogP contribution in [0.1, 0.15) is 18.9 Å². The molecule has 3 rings (SSSR count). The molecular weight excluding hydrogens is 316 g/mol. The third-order valence-electron chi connectivity index (χ3n) is 4.77. The summed E-state index contributed by atoms with van der Waals surface area (Å²) in [5, 5.41) is 9.38. The highest BCUT2D eigenvalue weighted by Crippen LogP contribution is 2.29. The molecule has 5 nitrogen and oxygen atoms in total. The van der Waals surface area contributed by atoms with Crippen molar-refractivity contribution in [2.75, 3.05) is 20.2 Å². The molecule has 1 fully saturated rings. The van der Waals surface area contributed by atoms with E-state index in [-0.39, 0.29) is 5.92 Å². The molecule has 0 aliphatic carbocycles. The number of hydrogen-bond acceptors (Lipinski definition) is 4. The number of ether oxygens (including phenoxy) is 1. The fraction of sp³-hybridized carbons (Fsp3) is 0.400. The molecule has 1 N–H and O–H groups in total. The molecule has 1 aliphatic heterocycles. The summed E-state index contributed by atoms with van der Waals surface area (Å²) in [6, 6.07) is 10.1. The van der Waals surface area contributed by atoms with E-state index in [1.54, 1.807) is 19.5 Å². The first kappa shape index (κ1) is 17.4. The van der Waals surface area contributed by atoms with Crippen LogP contribution >= 0.6 is 0 Å². The smallest absolute Gasteiger partial charge is 0.307 e. The Bertz CT molecular complexity index is 733. The Balaban J connectivity index is 1.84. The number of methoxy groups -OCH3 is 1. The number of rotatable bonds is 5. The van der Waals surface area contributed by atoms with Crippen LogP contribution in [-0.2, 0) is 11.3 Å². The summed E-state index contributed by atoms with van der Waals surface area (Å²) >= 11 is 0. The van der Waals surface area contributed by atoms with Crippen molar-refractivity contribution in [1.82, 2.24) is 9.88 Å². The fourth-order valence-electron chi connectivity index (χ4n) is 3.64. The Labute approximate surface area is 148 Å². The first-order valence-corrected chi connectivity index (χ1v) is 8.59. The highest BCUT2D eigenvalue weighted by Gasteiger charge is 2.29. The lowest BCUT2D eigenvalue weighted by molar-refractivity contribution is -0.144. The summed E-state index contributed by atoms with van der Waals surface area (Å²) in [7, 11) is 1.67. The molecule has 5 heteroatoms. The largest absolute Gasteiger partial charge is 0.496 e. The van der Waals surface area contributed by atoms with Gasteiger partial charge < -0.3 is 9.84 Å². The van der Waals surface area contributed by atoms with Crippen molar-refractivity contribution < 1.29 is 14.6 Å². The number of aromatic nitrogens is 1. The van der Waals surface area contributed by atoms with Gasteiger partial charge in [0.2, 0.25) is 0 Å². The lowest BCUT2D eigenvalue weighted by atomic mass is 9.90. The van der Waals surface area contributed by atoms with E-state index in [2.05, 4.69) is 22.9 Å². The molecule has 0 spiro atoms. The van der Waals surface area contributed by atoms with E-state index in [0.717, 1.165) is 35.4 Å². The van der Waals surface area contributed by atoms with Crippen LogP contribution in [0, 0.1) is 11.8 Å². The summed E-state index contributed by atoms with van der Waals surface area (Å²) < 4.78 is 5.52. The van der Waals surface area contributed by atoms with E-state index < -0.39 is 5.97 Å². The summed E-state index contributed by atoms with van der Waals surface area (Å²) in [6.45, 7) is 4.30. The molecule has 1 aliphatic rings. The molecular formula is C20H24N2O3. The van der Waals surface area contributed by atoms with E-state index in [1.165, 1.54) is 0 Å². The number of likely N-dealkylation sites (tertiary alicyclic amines) is 1. The number of aliphatic carboxylic acids is 1. The van der Waals surface area contributed by atoms with E-state index in [1.807, 2.05) is 24.3 Å². The van der Waals surface area contributed by atoms with Gasteiger partial charge in [-0.3, -0.25) is 14.7 Å². The van der Waals surface area contributed by atoms with Crippen LogP contribution in [0.2, 0.25) is 0 Å². The van der Waals surface area contributed by atoms with Crippen LogP contribution in [0.25, 0.3) is 11.1 Å². The number of carboxylic acid groups (broad SMARTS) is 1. The lowest BCUT2D eigenvalue weighted by Crippen LogP contribution is -2.42. The molecule has 1 saturated heterocycles. The van der Waals surface area contributed by atoms with Gasteiger partial charge >= 0.3 is 5.97 Å². The first-order valence-electron chi connectivity index (χ1n) is 8.59. The highest BCUT2D eigenvalue weighted by atomic mass is 16.5. The fourth-order valence-corrected chi connectivity index (χ4v) is 3.64. The normalized spacial score (nSPS) is 21.0. The van der Waals surface area contributed by atoms with Gasteiger partial charge in [0.05, 0.1) is 13.0 Å². The number of benzene rings is 1. The summed E-state index contributed by atoms with van der Waals surface area (Å²) in [5.74, 6) is 0.222. The van der Waals surface area contributed by atoms with E-state index >= 15 is 0 Å². The second kappa shape index (κ2) is 7.66. The van der Waals surface area contributed by atoms with Crippen LogP contribution in [0.4, 0.5) is 0 Å². The highest BCUT2D eigenvalue weighted by molar-refractivity contribution is 5.70. The van der Waals surface area contributed by atoms with Gasteiger partial charge in [-0.05, 0) is 47.7 Å². The number of piperidine rings is 1. The zero-order chi connectivity index (χ0) is 17.8. The molecule has 132 valence electrons. The quantitative estimate of drug-likeness (QED) is 0.905. The van der Waals surface area contributed by atoms with E-state index in [0.29, 0.717) is 19.0 Å². The maximum Gasteiger partial charge on any atom is 0.307 e. The molecule has 25 heavy (non-hydrogen) atoms. The second-order valence-electron chi connectivity index (χ2n) is 6.83. The number of nitrogens with zero attached hydrogens (tertiary/aromatic N) is 2. The first-order chi connectivity index (χ1) is 12.1. The molecule has 2 atom stereocenters. The molecule has 0 radical (unpaired) electrons.